The van der Waals surface area contributed by atoms with E-state index >= 15 is 0 Å². The lowest BCUT2D eigenvalue weighted by molar-refractivity contribution is 0.0701. The summed E-state index contributed by atoms with van der Waals surface area (Å²) in [6.45, 7) is 6.10. The number of aromatic carboxylic acids is 1. The van der Waals surface area contributed by atoms with Crippen LogP contribution in [0.25, 0.3) is 10.1 Å². The molecule has 0 saturated heterocycles. The standard InChI is InChI=1S/C13H14O2S/c1-7(2)10-9-6-4-5-8(3)11(9)16-12(10)13(14)15/h4-7H,1-3H3,(H,14,15). The minimum atomic E-state index is -0.815. The minimum Gasteiger partial charge on any atom is -0.477 e. The maximum atomic E-state index is 11.2. The van der Waals surface area contributed by atoms with Crippen LogP contribution in [-0.2, 0) is 0 Å². The molecule has 0 bridgehead atoms. The van der Waals surface area contributed by atoms with Crippen LogP contribution in [0.4, 0.5) is 0 Å². The van der Waals surface area contributed by atoms with Gasteiger partial charge in [0.1, 0.15) is 4.88 Å². The van der Waals surface area contributed by atoms with Crippen molar-refractivity contribution in [2.75, 3.05) is 0 Å². The number of hydrogen-bond donors (Lipinski definition) is 1. The second-order valence-electron chi connectivity index (χ2n) is 4.26. The summed E-state index contributed by atoms with van der Waals surface area (Å²) in [5.41, 5.74) is 2.12. The van der Waals surface area contributed by atoms with E-state index in [9.17, 15) is 9.90 Å². The van der Waals surface area contributed by atoms with Crippen molar-refractivity contribution in [3.05, 3.63) is 34.2 Å². The lowest BCUT2D eigenvalue weighted by Gasteiger charge is -2.05. The number of rotatable bonds is 2. The van der Waals surface area contributed by atoms with Gasteiger partial charge >= 0.3 is 5.97 Å². The molecule has 0 unspecified atom stereocenters. The van der Waals surface area contributed by atoms with Gasteiger partial charge in [0.05, 0.1) is 0 Å². The number of carbonyl (C=O) groups is 1. The summed E-state index contributed by atoms with van der Waals surface area (Å²) in [6.07, 6.45) is 0. The van der Waals surface area contributed by atoms with Gasteiger partial charge in [-0.1, -0.05) is 32.0 Å². The summed E-state index contributed by atoms with van der Waals surface area (Å²) < 4.78 is 1.10. The Morgan fingerprint density at radius 2 is 2.06 bits per heavy atom. The van der Waals surface area contributed by atoms with E-state index in [-0.39, 0.29) is 5.92 Å². The third-order valence-electron chi connectivity index (χ3n) is 2.72. The zero-order valence-electron chi connectivity index (χ0n) is 9.57. The van der Waals surface area contributed by atoms with Gasteiger partial charge in [-0.15, -0.1) is 11.3 Å². The monoisotopic (exact) mass is 234 g/mol. The van der Waals surface area contributed by atoms with Crippen LogP contribution >= 0.6 is 11.3 Å². The number of thiophene rings is 1. The number of fused-ring (bicyclic) bond motifs is 1. The van der Waals surface area contributed by atoms with Crippen LogP contribution in [-0.4, -0.2) is 11.1 Å². The SMILES string of the molecule is Cc1cccc2c(C(C)C)c(C(=O)O)sc12. The molecule has 3 heteroatoms. The van der Waals surface area contributed by atoms with Gasteiger partial charge in [0.2, 0.25) is 0 Å². The van der Waals surface area contributed by atoms with E-state index < -0.39 is 5.97 Å². The van der Waals surface area contributed by atoms with Crippen molar-refractivity contribution in [2.45, 2.75) is 26.7 Å². The summed E-state index contributed by atoms with van der Waals surface area (Å²) >= 11 is 1.39. The van der Waals surface area contributed by atoms with Crippen LogP contribution in [0.15, 0.2) is 18.2 Å². The molecule has 16 heavy (non-hydrogen) atoms. The highest BCUT2D eigenvalue weighted by molar-refractivity contribution is 7.21. The number of carboxylic acid groups (broad SMARTS) is 1. The Morgan fingerprint density at radius 1 is 1.38 bits per heavy atom. The highest BCUT2D eigenvalue weighted by Crippen LogP contribution is 2.37. The van der Waals surface area contributed by atoms with Gasteiger partial charge in [-0.2, -0.15) is 0 Å². The molecule has 1 aromatic heterocycles. The van der Waals surface area contributed by atoms with Crippen molar-refractivity contribution >= 4 is 27.4 Å². The third-order valence-corrected chi connectivity index (χ3v) is 4.07. The van der Waals surface area contributed by atoms with Gasteiger partial charge in [-0.25, -0.2) is 4.79 Å². The van der Waals surface area contributed by atoms with Gasteiger partial charge in [-0.3, -0.25) is 0 Å². The Hall–Kier alpha value is -1.35. The Balaban J connectivity index is 2.86. The van der Waals surface area contributed by atoms with E-state index in [1.54, 1.807) is 0 Å². The highest BCUT2D eigenvalue weighted by Gasteiger charge is 2.20. The number of carboxylic acids is 1. The molecule has 0 aliphatic carbocycles. The van der Waals surface area contributed by atoms with Crippen LogP contribution in [0.5, 0.6) is 0 Å². The average Bonchev–Trinajstić information content (AvgIpc) is 2.58. The van der Waals surface area contributed by atoms with E-state index in [1.807, 2.05) is 39.0 Å². The van der Waals surface area contributed by atoms with Crippen molar-refractivity contribution < 1.29 is 9.90 Å². The normalized spacial score (nSPS) is 11.2. The first-order valence-electron chi connectivity index (χ1n) is 5.27. The number of hydrogen-bond acceptors (Lipinski definition) is 2. The van der Waals surface area contributed by atoms with E-state index in [1.165, 1.54) is 11.3 Å². The molecule has 0 saturated carbocycles. The fourth-order valence-electron chi connectivity index (χ4n) is 2.01. The molecule has 1 aromatic carbocycles. The van der Waals surface area contributed by atoms with Crippen molar-refractivity contribution in [1.82, 2.24) is 0 Å². The van der Waals surface area contributed by atoms with Gasteiger partial charge in [0.15, 0.2) is 0 Å². The Kier molecular flexibility index (Phi) is 2.72. The molecule has 0 aliphatic heterocycles. The first kappa shape index (κ1) is 11.1. The third kappa shape index (κ3) is 1.61. The molecule has 2 aromatic rings. The van der Waals surface area contributed by atoms with Gasteiger partial charge in [-0.05, 0) is 29.4 Å². The van der Waals surface area contributed by atoms with E-state index in [0.29, 0.717) is 4.88 Å². The van der Waals surface area contributed by atoms with E-state index in [4.69, 9.17) is 0 Å². The first-order chi connectivity index (χ1) is 7.52. The Labute approximate surface area is 98.5 Å². The van der Waals surface area contributed by atoms with E-state index in [2.05, 4.69) is 0 Å². The molecule has 0 fully saturated rings. The topological polar surface area (TPSA) is 37.3 Å². The minimum absolute atomic E-state index is 0.238. The second kappa shape index (κ2) is 3.91. The molecule has 0 spiro atoms. The molecule has 0 aliphatic rings. The molecule has 2 rings (SSSR count). The Bertz CT molecular complexity index is 552. The zero-order valence-corrected chi connectivity index (χ0v) is 10.4. The van der Waals surface area contributed by atoms with Gasteiger partial charge < -0.3 is 5.11 Å². The second-order valence-corrected chi connectivity index (χ2v) is 5.28. The van der Waals surface area contributed by atoms with Crippen molar-refractivity contribution in [2.24, 2.45) is 0 Å². The summed E-state index contributed by atoms with van der Waals surface area (Å²) in [7, 11) is 0. The van der Waals surface area contributed by atoms with Crippen LogP contribution in [0.2, 0.25) is 0 Å². The lowest BCUT2D eigenvalue weighted by Crippen LogP contribution is -1.99. The van der Waals surface area contributed by atoms with Crippen LogP contribution in [0.3, 0.4) is 0 Å². The summed E-state index contributed by atoms with van der Waals surface area (Å²) in [6, 6.07) is 6.02. The molecule has 0 amide bonds. The fourth-order valence-corrected chi connectivity index (χ4v) is 3.28. The molecule has 0 radical (unpaired) electrons. The van der Waals surface area contributed by atoms with Gasteiger partial charge in [0.25, 0.3) is 0 Å². The predicted molar refractivity (Wildman–Crippen MR) is 67.6 cm³/mol. The summed E-state index contributed by atoms with van der Waals surface area (Å²) in [5.74, 6) is -0.578. The maximum Gasteiger partial charge on any atom is 0.346 e. The molecule has 1 heterocycles. The maximum absolute atomic E-state index is 11.2. The molecule has 84 valence electrons. The van der Waals surface area contributed by atoms with Crippen LogP contribution in [0.1, 0.15) is 40.6 Å². The number of aryl methyl sites for hydroxylation is 1. The summed E-state index contributed by atoms with van der Waals surface area (Å²) in [4.78, 5) is 11.7. The summed E-state index contributed by atoms with van der Waals surface area (Å²) in [5, 5.41) is 10.3. The zero-order chi connectivity index (χ0) is 11.9. The highest BCUT2D eigenvalue weighted by atomic mass is 32.1. The molecule has 0 atom stereocenters. The van der Waals surface area contributed by atoms with Crippen LogP contribution < -0.4 is 0 Å². The quantitative estimate of drug-likeness (QED) is 0.851. The van der Waals surface area contributed by atoms with Crippen molar-refractivity contribution in [3.63, 3.8) is 0 Å². The molecular weight excluding hydrogens is 220 g/mol. The smallest absolute Gasteiger partial charge is 0.346 e. The first-order valence-corrected chi connectivity index (χ1v) is 6.09. The lowest BCUT2D eigenvalue weighted by atomic mass is 9.98. The van der Waals surface area contributed by atoms with Gasteiger partial charge in [0, 0.05) is 4.70 Å². The largest absolute Gasteiger partial charge is 0.477 e. The molecule has 1 N–H and O–H groups in total. The van der Waals surface area contributed by atoms with Crippen molar-refractivity contribution in [1.29, 1.82) is 0 Å². The fraction of sp³-hybridized carbons (Fsp3) is 0.308. The molecular formula is C13H14O2S. The molecule has 2 nitrogen and oxygen atoms in total. The predicted octanol–water partition coefficient (Wildman–Crippen LogP) is 4.03. The Morgan fingerprint density at radius 3 is 2.62 bits per heavy atom. The van der Waals surface area contributed by atoms with E-state index in [0.717, 1.165) is 21.2 Å². The number of benzene rings is 1. The van der Waals surface area contributed by atoms with Crippen LogP contribution in [0, 0.1) is 6.92 Å². The average molecular weight is 234 g/mol. The van der Waals surface area contributed by atoms with Crippen molar-refractivity contribution in [3.8, 4) is 0 Å².